The fourth-order valence-electron chi connectivity index (χ4n) is 2.00. The number of thiophene rings is 1. The van der Waals surface area contributed by atoms with Crippen LogP contribution in [0.4, 0.5) is 0 Å². The number of carboxylic acids is 1. The summed E-state index contributed by atoms with van der Waals surface area (Å²) in [5.41, 5.74) is 0.955. The number of hydrogen-bond acceptors (Lipinski definition) is 5. The molecule has 7 heteroatoms. The Morgan fingerprint density at radius 2 is 2.33 bits per heavy atom. The maximum Gasteiger partial charge on any atom is 0.303 e. The second-order valence-corrected chi connectivity index (χ2v) is 5.43. The van der Waals surface area contributed by atoms with Crippen molar-refractivity contribution in [3.63, 3.8) is 0 Å². The summed E-state index contributed by atoms with van der Waals surface area (Å²) in [7, 11) is 0. The van der Waals surface area contributed by atoms with E-state index in [1.54, 1.807) is 23.9 Å². The number of hydrogen-bond donors (Lipinski definition) is 2. The van der Waals surface area contributed by atoms with Crippen molar-refractivity contribution in [1.29, 1.82) is 0 Å². The molecule has 0 unspecified atom stereocenters. The summed E-state index contributed by atoms with van der Waals surface area (Å²) < 4.78 is 1.92. The molecule has 112 valence electrons. The van der Waals surface area contributed by atoms with Crippen LogP contribution < -0.4 is 5.90 Å². The largest absolute Gasteiger partial charge is 0.481 e. The highest BCUT2D eigenvalue weighted by Gasteiger charge is 2.13. The summed E-state index contributed by atoms with van der Waals surface area (Å²) >= 11 is 1.59. The van der Waals surface area contributed by atoms with Crippen LogP contribution in [0.3, 0.4) is 0 Å². The van der Waals surface area contributed by atoms with E-state index in [9.17, 15) is 4.79 Å². The molecule has 2 rings (SSSR count). The van der Waals surface area contributed by atoms with Gasteiger partial charge in [-0.1, -0.05) is 6.07 Å². The van der Waals surface area contributed by atoms with E-state index in [1.807, 2.05) is 28.3 Å². The van der Waals surface area contributed by atoms with Gasteiger partial charge in [-0.15, -0.1) is 11.3 Å². The van der Waals surface area contributed by atoms with Gasteiger partial charge in [0.25, 0.3) is 0 Å². The van der Waals surface area contributed by atoms with Crippen LogP contribution in [0, 0.1) is 0 Å². The molecular formula is C14H17N3O3S. The van der Waals surface area contributed by atoms with E-state index >= 15 is 0 Å². The molecule has 0 bridgehead atoms. The van der Waals surface area contributed by atoms with Gasteiger partial charge >= 0.3 is 5.97 Å². The van der Waals surface area contributed by atoms with Crippen LogP contribution in [0.15, 0.2) is 42.0 Å². The minimum atomic E-state index is -0.821. The number of allylic oxidation sites excluding steroid dienone is 2. The zero-order valence-corrected chi connectivity index (χ0v) is 12.3. The van der Waals surface area contributed by atoms with E-state index in [-0.39, 0.29) is 6.42 Å². The molecule has 0 aromatic carbocycles. The Bertz CT molecular complexity index is 591. The third-order valence-electron chi connectivity index (χ3n) is 2.99. The minimum absolute atomic E-state index is 0.0929. The number of carboxylic acid groups (broad SMARTS) is 1. The third kappa shape index (κ3) is 4.44. The van der Waals surface area contributed by atoms with E-state index < -0.39 is 5.97 Å². The molecule has 6 nitrogen and oxygen atoms in total. The monoisotopic (exact) mass is 307 g/mol. The Hall–Kier alpha value is -2.12. The van der Waals surface area contributed by atoms with Gasteiger partial charge in [0.2, 0.25) is 0 Å². The fourth-order valence-corrected chi connectivity index (χ4v) is 2.78. The summed E-state index contributed by atoms with van der Waals surface area (Å²) in [6, 6.07) is 3.95. The van der Waals surface area contributed by atoms with E-state index in [2.05, 4.69) is 4.98 Å². The minimum Gasteiger partial charge on any atom is -0.481 e. The highest BCUT2D eigenvalue weighted by atomic mass is 32.1. The van der Waals surface area contributed by atoms with Crippen molar-refractivity contribution in [3.8, 4) is 0 Å². The Kier molecular flexibility index (Phi) is 5.53. The van der Waals surface area contributed by atoms with Gasteiger partial charge in [0, 0.05) is 35.7 Å². The van der Waals surface area contributed by atoms with Crippen molar-refractivity contribution >= 4 is 22.9 Å². The van der Waals surface area contributed by atoms with E-state index in [4.69, 9.17) is 15.8 Å². The lowest BCUT2D eigenvalue weighted by atomic mass is 10.1. The van der Waals surface area contributed by atoms with Gasteiger partial charge < -0.3 is 14.5 Å². The zero-order chi connectivity index (χ0) is 15.1. The summed E-state index contributed by atoms with van der Waals surface area (Å²) in [6.07, 6.45) is 6.36. The van der Waals surface area contributed by atoms with E-state index in [1.165, 1.54) is 0 Å². The Balaban J connectivity index is 2.22. The molecule has 0 aliphatic carbocycles. The predicted octanol–water partition coefficient (Wildman–Crippen LogP) is 2.50. The predicted molar refractivity (Wildman–Crippen MR) is 80.2 cm³/mol. The zero-order valence-electron chi connectivity index (χ0n) is 11.4. The van der Waals surface area contributed by atoms with Crippen LogP contribution in [0.5, 0.6) is 0 Å². The fraction of sp³-hybridized carbons (Fsp3) is 0.286. The molecule has 0 amide bonds. The lowest BCUT2D eigenvalue weighted by Gasteiger charge is -2.13. The van der Waals surface area contributed by atoms with Gasteiger partial charge in [-0.25, -0.2) is 4.98 Å². The normalized spacial score (nSPS) is 12.0. The number of aromatic nitrogens is 2. The smallest absolute Gasteiger partial charge is 0.303 e. The lowest BCUT2D eigenvalue weighted by Crippen LogP contribution is -2.07. The lowest BCUT2D eigenvalue weighted by molar-refractivity contribution is -0.137. The molecule has 0 saturated carbocycles. The number of nitrogens with zero attached hydrogens (tertiary/aromatic N) is 2. The molecular weight excluding hydrogens is 290 g/mol. The molecule has 0 saturated heterocycles. The van der Waals surface area contributed by atoms with Gasteiger partial charge in [-0.2, -0.15) is 5.90 Å². The number of imidazole rings is 1. The first-order valence-electron chi connectivity index (χ1n) is 6.51. The molecule has 3 N–H and O–H groups in total. The summed E-state index contributed by atoms with van der Waals surface area (Å²) in [5.74, 6) is 5.20. The van der Waals surface area contributed by atoms with Gasteiger partial charge in [0.1, 0.15) is 5.76 Å². The summed E-state index contributed by atoms with van der Waals surface area (Å²) in [6.45, 7) is 0.583. The van der Waals surface area contributed by atoms with Crippen molar-refractivity contribution in [3.05, 3.63) is 46.9 Å². The molecule has 0 aliphatic heterocycles. The van der Waals surface area contributed by atoms with Crippen molar-refractivity contribution in [2.75, 3.05) is 0 Å². The summed E-state index contributed by atoms with van der Waals surface area (Å²) in [5, 5.41) is 10.7. The first-order valence-corrected chi connectivity index (χ1v) is 7.39. The Morgan fingerprint density at radius 3 is 2.90 bits per heavy atom. The molecule has 21 heavy (non-hydrogen) atoms. The standard InChI is InChI=1S/C14H17N3O3S/c15-20-12(3-1-5-14(18)19)11(13-4-2-8-21-13)9-17-7-6-16-10-17/h2,4,6-8,10H,1,3,5,9,15H2,(H,18,19). The van der Waals surface area contributed by atoms with Crippen LogP contribution in [-0.4, -0.2) is 20.6 Å². The molecule has 0 aliphatic rings. The van der Waals surface area contributed by atoms with Crippen molar-refractivity contribution < 1.29 is 14.7 Å². The van der Waals surface area contributed by atoms with Gasteiger partial charge in [0.05, 0.1) is 12.9 Å². The number of nitrogens with two attached hydrogens (primary N) is 1. The average Bonchev–Trinajstić information content (AvgIpc) is 3.13. The SMILES string of the molecule is NOC(CCCC(=O)O)=C(Cn1ccnc1)c1cccs1. The van der Waals surface area contributed by atoms with Crippen LogP contribution in [-0.2, 0) is 16.2 Å². The number of carbonyl (C=O) groups is 1. The first-order chi connectivity index (χ1) is 10.2. The van der Waals surface area contributed by atoms with Crippen LogP contribution >= 0.6 is 11.3 Å². The van der Waals surface area contributed by atoms with Gasteiger partial charge in [-0.05, 0) is 17.9 Å². The Morgan fingerprint density at radius 1 is 1.48 bits per heavy atom. The van der Waals surface area contributed by atoms with E-state index in [0.29, 0.717) is 25.1 Å². The van der Waals surface area contributed by atoms with Gasteiger partial charge in [-0.3, -0.25) is 4.79 Å². The highest BCUT2D eigenvalue weighted by Crippen LogP contribution is 2.27. The van der Waals surface area contributed by atoms with Crippen molar-refractivity contribution in [2.45, 2.75) is 25.8 Å². The quantitative estimate of drug-likeness (QED) is 0.577. The molecule has 0 fully saturated rings. The Labute approximate surface area is 126 Å². The van der Waals surface area contributed by atoms with Crippen LogP contribution in [0.1, 0.15) is 24.1 Å². The highest BCUT2D eigenvalue weighted by molar-refractivity contribution is 7.11. The third-order valence-corrected chi connectivity index (χ3v) is 3.92. The van der Waals surface area contributed by atoms with E-state index in [0.717, 1.165) is 10.5 Å². The maximum absolute atomic E-state index is 10.6. The van der Waals surface area contributed by atoms with Crippen molar-refractivity contribution in [2.24, 2.45) is 5.90 Å². The summed E-state index contributed by atoms with van der Waals surface area (Å²) in [4.78, 5) is 20.7. The molecule has 2 aromatic rings. The van der Waals surface area contributed by atoms with Crippen LogP contribution in [0.25, 0.3) is 5.57 Å². The number of rotatable bonds is 8. The van der Waals surface area contributed by atoms with Crippen LogP contribution in [0.2, 0.25) is 0 Å². The molecule has 0 atom stereocenters. The average molecular weight is 307 g/mol. The molecule has 2 aromatic heterocycles. The molecule has 0 radical (unpaired) electrons. The first kappa shape index (κ1) is 15.3. The topological polar surface area (TPSA) is 90.4 Å². The molecule has 0 spiro atoms. The van der Waals surface area contributed by atoms with Crippen molar-refractivity contribution in [1.82, 2.24) is 9.55 Å². The number of aliphatic carboxylic acids is 1. The van der Waals surface area contributed by atoms with Gasteiger partial charge in [0.15, 0.2) is 0 Å². The molecule has 2 heterocycles. The maximum atomic E-state index is 10.6. The second-order valence-electron chi connectivity index (χ2n) is 4.48. The second kappa shape index (κ2) is 7.61.